The molecular weight excluding hydrogens is 308 g/mol. The summed E-state index contributed by atoms with van der Waals surface area (Å²) in [5.41, 5.74) is 1.75. The highest BCUT2D eigenvalue weighted by Crippen LogP contribution is 2.27. The highest BCUT2D eigenvalue weighted by molar-refractivity contribution is 7.93. The Hall–Kier alpha value is -2.31. The molecule has 0 spiro atoms. The second-order valence-electron chi connectivity index (χ2n) is 3.47. The van der Waals surface area contributed by atoms with E-state index in [1.807, 2.05) is 0 Å². The monoisotopic (exact) mass is 316 g/mol. The fraction of sp³-hybridized carbons (Fsp3) is 0. The number of anilines is 2. The summed E-state index contributed by atoms with van der Waals surface area (Å²) in [4.78, 5) is 9.77. The number of hydrogen-bond donors (Lipinski definition) is 3. The van der Waals surface area contributed by atoms with Gasteiger partial charge in [-0.1, -0.05) is 4.49 Å². The van der Waals surface area contributed by atoms with Crippen LogP contribution in [0, 0.1) is 10.1 Å². The number of nitrogens with one attached hydrogen (secondary N) is 2. The van der Waals surface area contributed by atoms with E-state index < -0.39 is 14.9 Å². The van der Waals surface area contributed by atoms with Crippen LogP contribution in [0.25, 0.3) is 0 Å². The summed E-state index contributed by atoms with van der Waals surface area (Å²) >= 11 is 0.855. The van der Waals surface area contributed by atoms with Crippen molar-refractivity contribution in [3.05, 3.63) is 34.5 Å². The van der Waals surface area contributed by atoms with Gasteiger partial charge in [-0.05, 0) is 6.07 Å². The molecule has 1 aromatic carbocycles. The van der Waals surface area contributed by atoms with E-state index in [-0.39, 0.29) is 21.3 Å². The first kappa shape index (κ1) is 14.1. The first-order chi connectivity index (χ1) is 9.44. The average Bonchev–Trinajstić information content (AvgIpc) is 2.89. The summed E-state index contributed by atoms with van der Waals surface area (Å²) in [6.45, 7) is 0. The van der Waals surface area contributed by atoms with Crippen molar-refractivity contribution in [2.24, 2.45) is 5.84 Å². The van der Waals surface area contributed by atoms with E-state index in [1.54, 1.807) is 0 Å². The molecule has 2 aromatic rings. The Morgan fingerprint density at radius 2 is 2.15 bits per heavy atom. The third kappa shape index (κ3) is 2.81. The molecule has 12 heteroatoms. The third-order valence-corrected chi connectivity index (χ3v) is 4.35. The maximum absolute atomic E-state index is 12.1. The van der Waals surface area contributed by atoms with Crippen molar-refractivity contribution < 1.29 is 13.3 Å². The number of sulfonamides is 1. The minimum absolute atomic E-state index is 0.0934. The van der Waals surface area contributed by atoms with Crippen molar-refractivity contribution in [2.75, 3.05) is 10.1 Å². The molecule has 0 radical (unpaired) electrons. The van der Waals surface area contributed by atoms with Crippen molar-refractivity contribution in [1.82, 2.24) is 9.59 Å². The Bertz CT molecular complexity index is 729. The number of nitrogen functional groups attached to an aromatic ring is 1. The smallest absolute Gasteiger partial charge is 0.271 e. The zero-order valence-corrected chi connectivity index (χ0v) is 11.3. The molecule has 0 saturated carbocycles. The number of hydrogen-bond acceptors (Lipinski definition) is 9. The summed E-state index contributed by atoms with van der Waals surface area (Å²) in [5.74, 6) is 5.20. The third-order valence-electron chi connectivity index (χ3n) is 2.22. The van der Waals surface area contributed by atoms with E-state index in [4.69, 9.17) is 5.84 Å². The lowest BCUT2D eigenvalue weighted by Gasteiger charge is -2.10. The van der Waals surface area contributed by atoms with Gasteiger partial charge in [0.15, 0.2) is 0 Å². The first-order valence-corrected chi connectivity index (χ1v) is 7.25. The van der Waals surface area contributed by atoms with Gasteiger partial charge < -0.3 is 5.43 Å². The van der Waals surface area contributed by atoms with E-state index in [1.165, 1.54) is 6.20 Å². The zero-order valence-electron chi connectivity index (χ0n) is 9.68. The SMILES string of the molecule is NNc1cc([N+](=O)[O-])ccc1S(=O)(=O)Nc1cnns1. The predicted octanol–water partition coefficient (Wildman–Crippen LogP) is 0.533. The maximum atomic E-state index is 12.1. The van der Waals surface area contributed by atoms with Crippen LogP contribution in [-0.4, -0.2) is 22.9 Å². The number of hydrazine groups is 1. The van der Waals surface area contributed by atoms with Gasteiger partial charge in [0.25, 0.3) is 15.7 Å². The van der Waals surface area contributed by atoms with Crippen LogP contribution in [0.2, 0.25) is 0 Å². The Morgan fingerprint density at radius 1 is 1.40 bits per heavy atom. The number of nitrogens with zero attached hydrogens (tertiary/aromatic N) is 3. The van der Waals surface area contributed by atoms with Gasteiger partial charge in [0.05, 0.1) is 16.8 Å². The quantitative estimate of drug-likeness (QED) is 0.410. The van der Waals surface area contributed by atoms with E-state index >= 15 is 0 Å². The number of nitrogens with two attached hydrogens (primary N) is 1. The number of aromatic nitrogens is 2. The molecule has 0 aliphatic carbocycles. The van der Waals surface area contributed by atoms with Crippen LogP contribution in [0.4, 0.5) is 16.4 Å². The molecule has 0 unspecified atom stereocenters. The molecule has 1 aromatic heterocycles. The number of nitro groups is 1. The summed E-state index contributed by atoms with van der Waals surface area (Å²) in [6, 6.07) is 3.18. The van der Waals surface area contributed by atoms with Crippen LogP contribution in [-0.2, 0) is 10.0 Å². The number of nitro benzene ring substituents is 1. The molecule has 10 nitrogen and oxygen atoms in total. The van der Waals surface area contributed by atoms with Crippen molar-refractivity contribution in [1.29, 1.82) is 0 Å². The van der Waals surface area contributed by atoms with Gasteiger partial charge in [-0.25, -0.2) is 8.42 Å². The van der Waals surface area contributed by atoms with Crippen LogP contribution in [0.1, 0.15) is 0 Å². The van der Waals surface area contributed by atoms with Crippen molar-refractivity contribution >= 4 is 37.9 Å². The van der Waals surface area contributed by atoms with E-state index in [0.717, 1.165) is 29.7 Å². The average molecular weight is 316 g/mol. The van der Waals surface area contributed by atoms with E-state index in [0.29, 0.717) is 0 Å². The fourth-order valence-corrected chi connectivity index (χ4v) is 3.21. The number of non-ortho nitro benzene ring substituents is 1. The lowest BCUT2D eigenvalue weighted by molar-refractivity contribution is -0.384. The Labute approximate surface area is 117 Å². The molecule has 4 N–H and O–H groups in total. The van der Waals surface area contributed by atoms with Crippen molar-refractivity contribution in [2.45, 2.75) is 4.90 Å². The van der Waals surface area contributed by atoms with Gasteiger partial charge in [-0.3, -0.25) is 20.7 Å². The highest BCUT2D eigenvalue weighted by atomic mass is 32.2. The molecule has 20 heavy (non-hydrogen) atoms. The lowest BCUT2D eigenvalue weighted by Crippen LogP contribution is -2.17. The van der Waals surface area contributed by atoms with Crippen molar-refractivity contribution in [3.8, 4) is 0 Å². The minimum atomic E-state index is -3.95. The predicted molar refractivity (Wildman–Crippen MR) is 71.6 cm³/mol. The van der Waals surface area contributed by atoms with Crippen LogP contribution in [0.3, 0.4) is 0 Å². The standard InChI is InChI=1S/C8H8N6O4S2/c9-11-6-3-5(14(15)16)1-2-7(6)20(17,18)12-8-4-10-13-19-8/h1-4,11-12H,9H2. The molecule has 0 fully saturated rings. The summed E-state index contributed by atoms with van der Waals surface area (Å²) < 4.78 is 30.0. The lowest BCUT2D eigenvalue weighted by atomic mass is 10.3. The molecule has 0 saturated heterocycles. The highest BCUT2D eigenvalue weighted by Gasteiger charge is 2.22. The van der Waals surface area contributed by atoms with Crippen LogP contribution >= 0.6 is 11.5 Å². The summed E-state index contributed by atoms with van der Waals surface area (Å²) in [7, 11) is -3.95. The van der Waals surface area contributed by atoms with E-state index in [2.05, 4.69) is 19.7 Å². The molecule has 0 bridgehead atoms. The second kappa shape index (κ2) is 5.36. The van der Waals surface area contributed by atoms with Gasteiger partial charge in [0.1, 0.15) is 9.90 Å². The Balaban J connectivity index is 2.43. The first-order valence-electron chi connectivity index (χ1n) is 4.99. The van der Waals surface area contributed by atoms with Crippen LogP contribution in [0.15, 0.2) is 29.3 Å². The molecule has 0 aliphatic rings. The number of rotatable bonds is 5. The van der Waals surface area contributed by atoms with Crippen LogP contribution in [0.5, 0.6) is 0 Å². The van der Waals surface area contributed by atoms with Gasteiger partial charge in [0.2, 0.25) is 0 Å². The zero-order chi connectivity index (χ0) is 14.8. The molecule has 1 heterocycles. The normalized spacial score (nSPS) is 11.1. The largest absolute Gasteiger partial charge is 0.323 e. The number of benzene rings is 1. The van der Waals surface area contributed by atoms with Gasteiger partial charge in [0, 0.05) is 23.7 Å². The maximum Gasteiger partial charge on any atom is 0.271 e. The van der Waals surface area contributed by atoms with Gasteiger partial charge in [-0.15, -0.1) is 5.10 Å². The summed E-state index contributed by atoms with van der Waals surface area (Å²) in [6.07, 6.45) is 1.24. The molecule has 106 valence electrons. The molecular formula is C8H8N6O4S2. The fourth-order valence-electron chi connectivity index (χ4n) is 1.38. The van der Waals surface area contributed by atoms with E-state index in [9.17, 15) is 18.5 Å². The van der Waals surface area contributed by atoms with Crippen LogP contribution < -0.4 is 16.0 Å². The summed E-state index contributed by atoms with van der Waals surface area (Å²) in [5, 5.41) is 14.3. The topological polar surface area (TPSA) is 153 Å². The van der Waals surface area contributed by atoms with Crippen molar-refractivity contribution in [3.63, 3.8) is 0 Å². The Kier molecular flexibility index (Phi) is 3.78. The van der Waals surface area contributed by atoms with Gasteiger partial charge >= 0.3 is 0 Å². The van der Waals surface area contributed by atoms with Gasteiger partial charge in [-0.2, -0.15) is 0 Å². The molecule has 0 aliphatic heterocycles. The molecule has 2 rings (SSSR count). The Morgan fingerprint density at radius 3 is 2.70 bits per heavy atom. The molecule has 0 atom stereocenters. The second-order valence-corrected chi connectivity index (χ2v) is 5.91. The minimum Gasteiger partial charge on any atom is -0.323 e. The molecule has 0 amide bonds.